The van der Waals surface area contributed by atoms with Gasteiger partial charge in [-0.05, 0) is 45.7 Å². The van der Waals surface area contributed by atoms with E-state index in [1.807, 2.05) is 0 Å². The molecule has 0 N–H and O–H groups in total. The third kappa shape index (κ3) is 3.07. The van der Waals surface area contributed by atoms with Crippen LogP contribution in [-0.4, -0.2) is 15.6 Å². The van der Waals surface area contributed by atoms with Crippen LogP contribution in [0.25, 0.3) is 0 Å². The van der Waals surface area contributed by atoms with E-state index in [4.69, 9.17) is 4.74 Å². The number of nitrogens with zero attached hydrogens (tertiary/aromatic N) is 2. The van der Waals surface area contributed by atoms with Crippen molar-refractivity contribution in [1.29, 1.82) is 0 Å². The Kier molecular flexibility index (Phi) is 3.80. The number of benzene rings is 1. The first-order valence-corrected chi connectivity index (χ1v) is 6.18. The van der Waals surface area contributed by atoms with E-state index < -0.39 is 11.8 Å². The Morgan fingerprint density at radius 3 is 3.00 bits per heavy atom. The van der Waals surface area contributed by atoms with E-state index in [0.717, 1.165) is 0 Å². The molecular formula is C10H6BrFN2O2S. The summed E-state index contributed by atoms with van der Waals surface area (Å²) in [5.41, 5.74) is 0.858. The second kappa shape index (κ2) is 5.33. The molecule has 4 nitrogen and oxygen atoms in total. The van der Waals surface area contributed by atoms with Gasteiger partial charge in [0.2, 0.25) is 0 Å². The van der Waals surface area contributed by atoms with Crippen LogP contribution in [0, 0.1) is 5.82 Å². The number of hydrogen-bond acceptors (Lipinski definition) is 5. The van der Waals surface area contributed by atoms with Crippen LogP contribution in [-0.2, 0) is 11.3 Å². The molecule has 0 amide bonds. The molecule has 0 saturated heterocycles. The van der Waals surface area contributed by atoms with E-state index in [0.29, 0.717) is 10.2 Å². The number of halogens is 2. The van der Waals surface area contributed by atoms with Gasteiger partial charge in [0.05, 0.1) is 5.56 Å². The standard InChI is InChI=1S/C10H6BrFN2O2S/c11-9-3-6(12)1-2-8(9)10(15)16-4-7-5-17-14-13-7/h1-3,5H,4H2. The fourth-order valence-corrected chi connectivity index (χ4v) is 2.07. The second-order valence-electron chi connectivity index (χ2n) is 3.10. The number of ether oxygens (including phenoxy) is 1. The van der Waals surface area contributed by atoms with Gasteiger partial charge in [0.1, 0.15) is 18.1 Å². The molecule has 1 heterocycles. The number of hydrogen-bond donors (Lipinski definition) is 0. The number of aromatic nitrogens is 2. The van der Waals surface area contributed by atoms with Gasteiger partial charge >= 0.3 is 5.97 Å². The Balaban J connectivity index is 2.04. The summed E-state index contributed by atoms with van der Waals surface area (Å²) in [5, 5.41) is 5.43. The van der Waals surface area contributed by atoms with Crippen molar-refractivity contribution in [2.24, 2.45) is 0 Å². The lowest BCUT2D eigenvalue weighted by Gasteiger charge is -2.04. The van der Waals surface area contributed by atoms with Crippen molar-refractivity contribution in [3.63, 3.8) is 0 Å². The molecule has 0 radical (unpaired) electrons. The molecule has 0 aliphatic heterocycles. The number of carbonyl (C=O) groups excluding carboxylic acids is 1. The van der Waals surface area contributed by atoms with Gasteiger partial charge in [-0.3, -0.25) is 0 Å². The number of rotatable bonds is 3. The molecule has 2 rings (SSSR count). The molecule has 0 unspecified atom stereocenters. The molecular weight excluding hydrogens is 311 g/mol. The van der Waals surface area contributed by atoms with Crippen LogP contribution >= 0.6 is 27.5 Å². The van der Waals surface area contributed by atoms with Gasteiger partial charge in [0, 0.05) is 9.85 Å². The van der Waals surface area contributed by atoms with Gasteiger partial charge in [-0.1, -0.05) is 4.49 Å². The third-order valence-electron chi connectivity index (χ3n) is 1.91. The van der Waals surface area contributed by atoms with E-state index in [1.54, 1.807) is 5.38 Å². The van der Waals surface area contributed by atoms with E-state index in [1.165, 1.54) is 29.7 Å². The molecule has 88 valence electrons. The van der Waals surface area contributed by atoms with Crippen LogP contribution in [0.2, 0.25) is 0 Å². The third-order valence-corrected chi connectivity index (χ3v) is 3.12. The maximum atomic E-state index is 12.8. The minimum absolute atomic E-state index is 0.0547. The van der Waals surface area contributed by atoms with Gasteiger partial charge in [0.15, 0.2) is 0 Å². The molecule has 17 heavy (non-hydrogen) atoms. The highest BCUT2D eigenvalue weighted by molar-refractivity contribution is 9.10. The second-order valence-corrected chi connectivity index (χ2v) is 4.56. The summed E-state index contributed by atoms with van der Waals surface area (Å²) in [6.45, 7) is 0.0547. The van der Waals surface area contributed by atoms with Crippen LogP contribution in [0.3, 0.4) is 0 Å². The zero-order valence-corrected chi connectivity index (χ0v) is 10.8. The summed E-state index contributed by atoms with van der Waals surface area (Å²) < 4.78 is 21.8. The lowest BCUT2D eigenvalue weighted by Crippen LogP contribution is -2.06. The van der Waals surface area contributed by atoms with E-state index >= 15 is 0 Å². The molecule has 7 heteroatoms. The summed E-state index contributed by atoms with van der Waals surface area (Å²) >= 11 is 4.28. The van der Waals surface area contributed by atoms with Crippen molar-refractivity contribution < 1.29 is 13.9 Å². The zero-order chi connectivity index (χ0) is 12.3. The van der Waals surface area contributed by atoms with Gasteiger partial charge in [-0.25, -0.2) is 9.18 Å². The maximum Gasteiger partial charge on any atom is 0.339 e. The van der Waals surface area contributed by atoms with Gasteiger partial charge in [-0.15, -0.1) is 5.10 Å². The Hall–Kier alpha value is -1.34. The molecule has 1 aromatic heterocycles. The van der Waals surface area contributed by atoms with Crippen molar-refractivity contribution >= 4 is 33.4 Å². The number of carbonyl (C=O) groups is 1. The summed E-state index contributed by atoms with van der Waals surface area (Å²) in [5.74, 6) is -0.956. The average Bonchev–Trinajstić information content (AvgIpc) is 2.78. The monoisotopic (exact) mass is 316 g/mol. The van der Waals surface area contributed by atoms with Gasteiger partial charge < -0.3 is 4.74 Å². The van der Waals surface area contributed by atoms with Crippen molar-refractivity contribution in [1.82, 2.24) is 9.59 Å². The SMILES string of the molecule is O=C(OCc1csnn1)c1ccc(F)cc1Br. The predicted molar refractivity (Wildman–Crippen MR) is 63.1 cm³/mol. The Morgan fingerprint density at radius 2 is 2.35 bits per heavy atom. The topological polar surface area (TPSA) is 52.1 Å². The average molecular weight is 317 g/mol. The van der Waals surface area contributed by atoms with E-state index in [2.05, 4.69) is 25.5 Å². The molecule has 1 aromatic carbocycles. The molecule has 2 aromatic rings. The minimum Gasteiger partial charge on any atom is -0.455 e. The smallest absolute Gasteiger partial charge is 0.339 e. The zero-order valence-electron chi connectivity index (χ0n) is 8.39. The molecule has 0 bridgehead atoms. The van der Waals surface area contributed by atoms with E-state index in [-0.39, 0.29) is 12.2 Å². The first-order valence-electron chi connectivity index (χ1n) is 4.55. The predicted octanol–water partition coefficient (Wildman–Crippen LogP) is 2.80. The molecule has 0 saturated carbocycles. The van der Waals surface area contributed by atoms with Crippen LogP contribution in [0.5, 0.6) is 0 Å². The quantitative estimate of drug-likeness (QED) is 0.817. The lowest BCUT2D eigenvalue weighted by atomic mass is 10.2. The van der Waals surface area contributed by atoms with Crippen molar-refractivity contribution in [2.45, 2.75) is 6.61 Å². The van der Waals surface area contributed by atoms with E-state index in [9.17, 15) is 9.18 Å². The molecule has 0 aliphatic rings. The fraction of sp³-hybridized carbons (Fsp3) is 0.100. The molecule has 0 aliphatic carbocycles. The highest BCUT2D eigenvalue weighted by atomic mass is 79.9. The summed E-state index contributed by atoms with van der Waals surface area (Å²) in [6.07, 6.45) is 0. The Labute approximate surface area is 109 Å². The summed E-state index contributed by atoms with van der Waals surface area (Å²) in [7, 11) is 0. The summed E-state index contributed by atoms with van der Waals surface area (Å²) in [4.78, 5) is 11.7. The maximum absolute atomic E-state index is 12.8. The first kappa shape index (κ1) is 12.1. The first-order chi connectivity index (χ1) is 8.16. The van der Waals surface area contributed by atoms with Crippen LogP contribution in [0.15, 0.2) is 28.1 Å². The highest BCUT2D eigenvalue weighted by Gasteiger charge is 2.12. The highest BCUT2D eigenvalue weighted by Crippen LogP contribution is 2.19. The Bertz CT molecular complexity index is 533. The number of esters is 1. The molecule has 0 spiro atoms. The van der Waals surface area contributed by atoms with Crippen molar-refractivity contribution in [3.05, 3.63) is 45.1 Å². The minimum atomic E-state index is -0.537. The lowest BCUT2D eigenvalue weighted by molar-refractivity contribution is 0.0466. The van der Waals surface area contributed by atoms with Crippen LogP contribution in [0.4, 0.5) is 4.39 Å². The van der Waals surface area contributed by atoms with Crippen LogP contribution < -0.4 is 0 Å². The largest absolute Gasteiger partial charge is 0.455 e. The van der Waals surface area contributed by atoms with Crippen molar-refractivity contribution in [3.8, 4) is 0 Å². The van der Waals surface area contributed by atoms with Crippen molar-refractivity contribution in [2.75, 3.05) is 0 Å². The normalized spacial score (nSPS) is 10.2. The molecule has 0 fully saturated rings. The molecule has 0 atom stereocenters. The summed E-state index contributed by atoms with van der Waals surface area (Å²) in [6, 6.07) is 3.77. The van der Waals surface area contributed by atoms with Gasteiger partial charge in [-0.2, -0.15) is 0 Å². The Morgan fingerprint density at radius 1 is 1.53 bits per heavy atom. The van der Waals surface area contributed by atoms with Gasteiger partial charge in [0.25, 0.3) is 0 Å². The van der Waals surface area contributed by atoms with Crippen LogP contribution in [0.1, 0.15) is 16.1 Å². The fourth-order valence-electron chi connectivity index (χ4n) is 1.12.